The van der Waals surface area contributed by atoms with Gasteiger partial charge < -0.3 is 0 Å². The van der Waals surface area contributed by atoms with Crippen LogP contribution in [0.2, 0.25) is 0 Å². The summed E-state index contributed by atoms with van der Waals surface area (Å²) in [5, 5.41) is 0. The molecular formula is C17H20F2N2. The van der Waals surface area contributed by atoms with Crippen molar-refractivity contribution in [1.29, 1.82) is 0 Å². The molecule has 112 valence electrons. The molecule has 4 heteroatoms. The van der Waals surface area contributed by atoms with E-state index in [-0.39, 0.29) is 11.6 Å². The Kier molecular flexibility index (Phi) is 4.40. The fourth-order valence-corrected chi connectivity index (χ4v) is 2.62. The maximum absolute atomic E-state index is 14.2. The first-order valence-corrected chi connectivity index (χ1v) is 6.84. The predicted octanol–water partition coefficient (Wildman–Crippen LogP) is 3.76. The largest absolute Gasteiger partial charge is 0.271 e. The molecular weight excluding hydrogens is 270 g/mol. The summed E-state index contributed by atoms with van der Waals surface area (Å²) >= 11 is 0. The molecule has 0 amide bonds. The highest BCUT2D eigenvalue weighted by atomic mass is 19.1. The highest BCUT2D eigenvalue weighted by Crippen LogP contribution is 2.37. The molecule has 0 bridgehead atoms. The van der Waals surface area contributed by atoms with E-state index in [9.17, 15) is 8.78 Å². The van der Waals surface area contributed by atoms with Gasteiger partial charge in [-0.25, -0.2) is 8.78 Å². The van der Waals surface area contributed by atoms with E-state index in [1.165, 1.54) is 18.2 Å². The van der Waals surface area contributed by atoms with Gasteiger partial charge in [-0.05, 0) is 30.7 Å². The Morgan fingerprint density at radius 2 is 1.67 bits per heavy atom. The molecule has 1 unspecified atom stereocenters. The molecule has 0 heterocycles. The topological polar surface area (TPSA) is 38.0 Å². The first-order chi connectivity index (χ1) is 9.86. The number of halogens is 2. The molecule has 0 aromatic heterocycles. The van der Waals surface area contributed by atoms with Gasteiger partial charge in [0.2, 0.25) is 0 Å². The Labute approximate surface area is 124 Å². The minimum atomic E-state index is -0.503. The van der Waals surface area contributed by atoms with E-state index < -0.39 is 11.5 Å². The van der Waals surface area contributed by atoms with Crippen LogP contribution in [0.1, 0.15) is 36.6 Å². The lowest BCUT2D eigenvalue weighted by atomic mass is 9.75. The van der Waals surface area contributed by atoms with Gasteiger partial charge in [0, 0.05) is 11.0 Å². The van der Waals surface area contributed by atoms with Crippen molar-refractivity contribution in [2.75, 3.05) is 0 Å². The van der Waals surface area contributed by atoms with Crippen LogP contribution in [0.4, 0.5) is 8.78 Å². The summed E-state index contributed by atoms with van der Waals surface area (Å²) in [7, 11) is 0. The van der Waals surface area contributed by atoms with Crippen LogP contribution in [0.25, 0.3) is 0 Å². The molecule has 2 rings (SSSR count). The zero-order valence-electron chi connectivity index (χ0n) is 12.5. The number of benzene rings is 2. The van der Waals surface area contributed by atoms with Crippen molar-refractivity contribution < 1.29 is 8.78 Å². The van der Waals surface area contributed by atoms with Crippen LogP contribution in [-0.4, -0.2) is 0 Å². The van der Waals surface area contributed by atoms with Gasteiger partial charge in [0.05, 0.1) is 6.04 Å². The van der Waals surface area contributed by atoms with E-state index in [1.54, 1.807) is 24.3 Å². The summed E-state index contributed by atoms with van der Waals surface area (Å²) in [5.74, 6) is 5.08. The molecule has 0 aliphatic rings. The Hall–Kier alpha value is -1.78. The normalized spacial score (nSPS) is 13.2. The minimum absolute atomic E-state index is 0.298. The van der Waals surface area contributed by atoms with Crippen LogP contribution in [-0.2, 0) is 5.41 Å². The highest BCUT2D eigenvalue weighted by Gasteiger charge is 2.33. The van der Waals surface area contributed by atoms with Crippen molar-refractivity contribution in [3.8, 4) is 0 Å². The third-order valence-electron chi connectivity index (χ3n) is 3.94. The van der Waals surface area contributed by atoms with Gasteiger partial charge in [-0.1, -0.05) is 43.7 Å². The van der Waals surface area contributed by atoms with Crippen molar-refractivity contribution >= 4 is 0 Å². The van der Waals surface area contributed by atoms with Gasteiger partial charge in [0.15, 0.2) is 0 Å². The first kappa shape index (κ1) is 15.6. The molecule has 2 aromatic rings. The molecule has 0 radical (unpaired) electrons. The van der Waals surface area contributed by atoms with E-state index in [4.69, 9.17) is 5.84 Å². The van der Waals surface area contributed by atoms with Gasteiger partial charge in [0.25, 0.3) is 0 Å². The molecule has 0 spiro atoms. The quantitative estimate of drug-likeness (QED) is 0.664. The van der Waals surface area contributed by atoms with E-state index in [1.807, 2.05) is 20.8 Å². The number of hydrogen-bond acceptors (Lipinski definition) is 2. The zero-order valence-corrected chi connectivity index (χ0v) is 12.5. The highest BCUT2D eigenvalue weighted by molar-refractivity contribution is 5.34. The predicted molar refractivity (Wildman–Crippen MR) is 80.6 cm³/mol. The van der Waals surface area contributed by atoms with Gasteiger partial charge in [-0.3, -0.25) is 11.3 Å². The minimum Gasteiger partial charge on any atom is -0.271 e. The Morgan fingerprint density at radius 3 is 2.24 bits per heavy atom. The molecule has 21 heavy (non-hydrogen) atoms. The van der Waals surface area contributed by atoms with Gasteiger partial charge in [-0.15, -0.1) is 0 Å². The number of nitrogens with one attached hydrogen (secondary N) is 1. The average Bonchev–Trinajstić information content (AvgIpc) is 2.43. The molecule has 2 nitrogen and oxygen atoms in total. The fraction of sp³-hybridized carbons (Fsp3) is 0.294. The van der Waals surface area contributed by atoms with Crippen molar-refractivity contribution in [2.45, 2.75) is 32.2 Å². The van der Waals surface area contributed by atoms with E-state index in [2.05, 4.69) is 5.43 Å². The molecule has 0 aliphatic carbocycles. The summed E-state index contributed by atoms with van der Waals surface area (Å²) < 4.78 is 27.3. The van der Waals surface area contributed by atoms with Crippen LogP contribution in [0.5, 0.6) is 0 Å². The number of aryl methyl sites for hydroxylation is 1. The van der Waals surface area contributed by atoms with E-state index in [0.29, 0.717) is 5.56 Å². The Bertz CT molecular complexity index is 621. The third kappa shape index (κ3) is 3.12. The zero-order chi connectivity index (χ0) is 15.6. The molecule has 2 aromatic carbocycles. The summed E-state index contributed by atoms with van der Waals surface area (Å²) in [6, 6.07) is 10.7. The second-order valence-corrected chi connectivity index (χ2v) is 5.85. The summed E-state index contributed by atoms with van der Waals surface area (Å²) in [6.45, 7) is 5.81. The number of hydrazine groups is 1. The smallest absolute Gasteiger partial charge is 0.128 e. The molecule has 0 fully saturated rings. The van der Waals surface area contributed by atoms with Crippen molar-refractivity contribution in [1.82, 2.24) is 5.43 Å². The lowest BCUT2D eigenvalue weighted by Gasteiger charge is -2.35. The second-order valence-electron chi connectivity index (χ2n) is 5.85. The fourth-order valence-electron chi connectivity index (χ4n) is 2.62. The molecule has 1 atom stereocenters. The maximum Gasteiger partial charge on any atom is 0.128 e. The summed E-state index contributed by atoms with van der Waals surface area (Å²) in [5.41, 5.74) is 4.55. The van der Waals surface area contributed by atoms with Crippen LogP contribution in [0.3, 0.4) is 0 Å². The van der Waals surface area contributed by atoms with Crippen LogP contribution in [0, 0.1) is 18.6 Å². The Morgan fingerprint density at radius 1 is 1.05 bits per heavy atom. The van der Waals surface area contributed by atoms with E-state index >= 15 is 0 Å². The number of rotatable bonds is 4. The molecule has 0 saturated carbocycles. The first-order valence-electron chi connectivity index (χ1n) is 6.84. The van der Waals surface area contributed by atoms with Crippen LogP contribution >= 0.6 is 0 Å². The monoisotopic (exact) mass is 290 g/mol. The SMILES string of the molecule is Cc1ccc(F)c(C(NN)C(C)(C)c2ccc(F)cc2)c1. The molecule has 0 saturated heterocycles. The van der Waals surface area contributed by atoms with Crippen molar-refractivity contribution in [3.63, 3.8) is 0 Å². The summed E-state index contributed by atoms with van der Waals surface area (Å²) in [6.07, 6.45) is 0. The van der Waals surface area contributed by atoms with Gasteiger partial charge in [-0.2, -0.15) is 0 Å². The average molecular weight is 290 g/mol. The second kappa shape index (κ2) is 5.92. The van der Waals surface area contributed by atoms with Crippen LogP contribution < -0.4 is 11.3 Å². The molecule has 3 N–H and O–H groups in total. The van der Waals surface area contributed by atoms with E-state index in [0.717, 1.165) is 11.1 Å². The van der Waals surface area contributed by atoms with Gasteiger partial charge >= 0.3 is 0 Å². The van der Waals surface area contributed by atoms with Crippen LogP contribution in [0.15, 0.2) is 42.5 Å². The van der Waals surface area contributed by atoms with Gasteiger partial charge in [0.1, 0.15) is 11.6 Å². The number of nitrogens with two attached hydrogens (primary N) is 1. The molecule has 0 aliphatic heterocycles. The standard InChI is InChI=1S/C17H20F2N2/c1-11-4-9-15(19)14(10-11)16(21-20)17(2,3)12-5-7-13(18)8-6-12/h4-10,16,21H,20H2,1-3H3. The Balaban J connectivity index is 2.48. The summed E-state index contributed by atoms with van der Waals surface area (Å²) in [4.78, 5) is 0. The number of hydrogen-bond donors (Lipinski definition) is 2. The lowest BCUT2D eigenvalue weighted by molar-refractivity contribution is 0.342. The van der Waals surface area contributed by atoms with Crippen molar-refractivity contribution in [3.05, 3.63) is 70.8 Å². The van der Waals surface area contributed by atoms with Crippen molar-refractivity contribution in [2.24, 2.45) is 5.84 Å². The maximum atomic E-state index is 14.2. The lowest BCUT2D eigenvalue weighted by Crippen LogP contribution is -2.41. The third-order valence-corrected chi connectivity index (χ3v) is 3.94.